The zero-order valence-electron chi connectivity index (χ0n) is 16.9. The summed E-state index contributed by atoms with van der Waals surface area (Å²) in [6.07, 6.45) is 4.45. The van der Waals surface area contributed by atoms with Crippen LogP contribution in [-0.4, -0.2) is 29.9 Å². The van der Waals surface area contributed by atoms with Crippen molar-refractivity contribution in [1.29, 1.82) is 0 Å². The minimum Gasteiger partial charge on any atom is -0.396 e. The fourth-order valence-electron chi connectivity index (χ4n) is 5.16. The Morgan fingerprint density at radius 1 is 1.21 bits per heavy atom. The maximum Gasteiger partial charge on any atom is 0.194 e. The third-order valence-corrected chi connectivity index (χ3v) is 7.13. The molecule has 4 atom stereocenters. The molecule has 0 spiro atoms. The zero-order valence-corrected chi connectivity index (χ0v) is 16.9. The molecule has 2 heterocycles. The Hall–Kier alpha value is -2.15. The van der Waals surface area contributed by atoms with Gasteiger partial charge in [0.25, 0.3) is 0 Å². The van der Waals surface area contributed by atoms with Gasteiger partial charge in [-0.05, 0) is 50.5 Å². The molecular formula is C22H28F2N4O. The van der Waals surface area contributed by atoms with Crippen molar-refractivity contribution < 1.29 is 8.78 Å². The van der Waals surface area contributed by atoms with E-state index in [9.17, 15) is 9.18 Å². The Labute approximate surface area is 168 Å². The lowest BCUT2D eigenvalue weighted by atomic mass is 9.96. The molecule has 1 saturated heterocycles. The van der Waals surface area contributed by atoms with Gasteiger partial charge in [0, 0.05) is 37.3 Å². The molecule has 0 bridgehead atoms. The number of halogens is 2. The van der Waals surface area contributed by atoms with Gasteiger partial charge in [-0.3, -0.25) is 4.79 Å². The molecule has 1 aliphatic heterocycles. The first-order chi connectivity index (χ1) is 13.8. The number of nitrogen functional groups attached to an aromatic ring is 1. The number of hydrogen-bond acceptors (Lipinski definition) is 4. The van der Waals surface area contributed by atoms with Gasteiger partial charge in [0.2, 0.25) is 0 Å². The van der Waals surface area contributed by atoms with Crippen molar-refractivity contribution in [2.45, 2.75) is 57.8 Å². The summed E-state index contributed by atoms with van der Waals surface area (Å²) in [5.41, 5.74) is 14.3. The molecule has 3 aliphatic rings. The normalized spacial score (nSPS) is 27.6. The predicted molar refractivity (Wildman–Crippen MR) is 112 cm³/mol. The largest absolute Gasteiger partial charge is 0.396 e. The summed E-state index contributed by atoms with van der Waals surface area (Å²) in [7, 11) is 0. The van der Waals surface area contributed by atoms with E-state index in [1.165, 1.54) is 12.8 Å². The van der Waals surface area contributed by atoms with Crippen LogP contribution in [0.15, 0.2) is 11.0 Å². The van der Waals surface area contributed by atoms with Crippen molar-refractivity contribution >= 4 is 22.3 Å². The average molecular weight is 402 g/mol. The number of nitrogens with zero attached hydrogens (tertiary/aromatic N) is 2. The van der Waals surface area contributed by atoms with Gasteiger partial charge in [0.15, 0.2) is 11.2 Å². The number of alkyl halides is 1. The third-order valence-electron chi connectivity index (χ3n) is 7.13. The van der Waals surface area contributed by atoms with Crippen LogP contribution in [0.3, 0.4) is 0 Å². The molecular weight excluding hydrogens is 374 g/mol. The minimum atomic E-state index is -0.943. The highest BCUT2D eigenvalue weighted by atomic mass is 19.1. The molecule has 1 aromatic heterocycles. The van der Waals surface area contributed by atoms with Crippen LogP contribution in [0.5, 0.6) is 0 Å². The van der Waals surface area contributed by atoms with Crippen LogP contribution >= 0.6 is 0 Å². The van der Waals surface area contributed by atoms with Crippen molar-refractivity contribution in [3.63, 3.8) is 0 Å². The number of aryl methyl sites for hydroxylation is 2. The summed E-state index contributed by atoms with van der Waals surface area (Å²) in [5.74, 6) is 0.381. The number of aromatic nitrogens is 1. The summed E-state index contributed by atoms with van der Waals surface area (Å²) in [5, 5.41) is 0.174. The van der Waals surface area contributed by atoms with Crippen molar-refractivity contribution in [1.82, 2.24) is 4.57 Å². The number of hydrogen-bond donors (Lipinski definition) is 2. The Kier molecular flexibility index (Phi) is 4.18. The quantitative estimate of drug-likeness (QED) is 0.770. The second-order valence-electron chi connectivity index (χ2n) is 9.20. The van der Waals surface area contributed by atoms with Crippen molar-refractivity contribution in [2.24, 2.45) is 17.6 Å². The summed E-state index contributed by atoms with van der Waals surface area (Å²) >= 11 is 0. The lowest BCUT2D eigenvalue weighted by Gasteiger charge is -2.26. The van der Waals surface area contributed by atoms with Gasteiger partial charge >= 0.3 is 0 Å². The topological polar surface area (TPSA) is 77.3 Å². The van der Waals surface area contributed by atoms with Crippen LogP contribution < -0.4 is 21.8 Å². The van der Waals surface area contributed by atoms with Crippen LogP contribution in [0.2, 0.25) is 0 Å². The van der Waals surface area contributed by atoms with Gasteiger partial charge in [-0.2, -0.15) is 0 Å². The smallest absolute Gasteiger partial charge is 0.194 e. The van der Waals surface area contributed by atoms with Crippen LogP contribution in [0.4, 0.5) is 20.2 Å². The van der Waals surface area contributed by atoms with Crippen molar-refractivity contribution in [2.75, 3.05) is 23.7 Å². The maximum atomic E-state index is 15.5. The van der Waals surface area contributed by atoms with E-state index >= 15 is 4.39 Å². The van der Waals surface area contributed by atoms with Crippen LogP contribution in [0.25, 0.3) is 10.9 Å². The number of fused-ring (bicyclic) bond motifs is 1. The number of nitrogens with two attached hydrogens (primary N) is 2. The Morgan fingerprint density at radius 3 is 2.52 bits per heavy atom. The van der Waals surface area contributed by atoms with E-state index in [-0.39, 0.29) is 28.6 Å². The minimum absolute atomic E-state index is 0.131. The Morgan fingerprint density at radius 2 is 1.90 bits per heavy atom. The van der Waals surface area contributed by atoms with E-state index in [4.69, 9.17) is 11.5 Å². The van der Waals surface area contributed by atoms with Gasteiger partial charge in [0.1, 0.15) is 6.17 Å². The molecule has 29 heavy (non-hydrogen) atoms. The fraction of sp³-hybridized carbons (Fsp3) is 0.591. The van der Waals surface area contributed by atoms with Gasteiger partial charge in [-0.1, -0.05) is 0 Å². The summed E-state index contributed by atoms with van der Waals surface area (Å²) < 4.78 is 31.2. The van der Waals surface area contributed by atoms with Crippen LogP contribution in [0, 0.1) is 31.5 Å². The van der Waals surface area contributed by atoms with Crippen molar-refractivity contribution in [3.8, 4) is 0 Å². The van der Waals surface area contributed by atoms with E-state index < -0.39 is 12.0 Å². The van der Waals surface area contributed by atoms with E-state index in [2.05, 4.69) is 0 Å². The van der Waals surface area contributed by atoms with Gasteiger partial charge < -0.3 is 20.9 Å². The van der Waals surface area contributed by atoms with Crippen LogP contribution in [0.1, 0.15) is 42.9 Å². The van der Waals surface area contributed by atoms with Crippen LogP contribution in [-0.2, 0) is 0 Å². The van der Waals surface area contributed by atoms with E-state index in [1.54, 1.807) is 17.7 Å². The third kappa shape index (κ3) is 2.85. The second kappa shape index (κ2) is 6.42. The van der Waals surface area contributed by atoms with Gasteiger partial charge in [-0.15, -0.1) is 0 Å². The molecule has 1 aromatic carbocycles. The monoisotopic (exact) mass is 402 g/mol. The number of rotatable bonds is 4. The molecule has 7 heteroatoms. The van der Waals surface area contributed by atoms with Crippen molar-refractivity contribution in [3.05, 3.63) is 33.4 Å². The van der Waals surface area contributed by atoms with E-state index in [0.717, 1.165) is 6.42 Å². The fourth-order valence-corrected chi connectivity index (χ4v) is 5.16. The number of benzene rings is 1. The lowest BCUT2D eigenvalue weighted by molar-refractivity contribution is 0.417. The molecule has 2 aromatic rings. The highest BCUT2D eigenvalue weighted by molar-refractivity contribution is 5.98. The molecule has 156 valence electrons. The summed E-state index contributed by atoms with van der Waals surface area (Å²) in [6.45, 7) is 4.87. The maximum absolute atomic E-state index is 15.5. The molecule has 5 rings (SSSR count). The molecule has 0 radical (unpaired) electrons. The number of pyridine rings is 1. The molecule has 3 fully saturated rings. The highest BCUT2D eigenvalue weighted by Crippen LogP contribution is 2.45. The zero-order chi connectivity index (χ0) is 20.6. The van der Waals surface area contributed by atoms with E-state index in [1.807, 2.05) is 11.8 Å². The SMILES string of the molecule is Cc1cn([C@@H]2C[C@@H]2F)c2c(C)c(N3CC[C@@H]([C@@H](N)C4CC4)C3)c(F)c(N)c2c1=O. The Balaban J connectivity index is 1.65. The summed E-state index contributed by atoms with van der Waals surface area (Å²) in [6, 6.07) is -0.163. The molecule has 2 aliphatic carbocycles. The molecule has 5 nitrogen and oxygen atoms in total. The van der Waals surface area contributed by atoms with Gasteiger partial charge in [-0.25, -0.2) is 8.78 Å². The Bertz CT molecular complexity index is 1060. The molecule has 2 saturated carbocycles. The first-order valence-electron chi connectivity index (χ1n) is 10.6. The highest BCUT2D eigenvalue weighted by Gasteiger charge is 2.41. The number of anilines is 2. The first-order valence-corrected chi connectivity index (χ1v) is 10.6. The molecule has 4 N–H and O–H groups in total. The van der Waals surface area contributed by atoms with E-state index in [0.29, 0.717) is 53.7 Å². The molecule has 0 amide bonds. The first kappa shape index (κ1) is 18.9. The van der Waals surface area contributed by atoms with Gasteiger partial charge in [0.05, 0.1) is 28.3 Å². The predicted octanol–water partition coefficient (Wildman–Crippen LogP) is 3.19. The second-order valence-corrected chi connectivity index (χ2v) is 9.20. The lowest BCUT2D eigenvalue weighted by Crippen LogP contribution is -2.34. The molecule has 0 unspecified atom stereocenters. The average Bonchev–Trinajstić information content (AvgIpc) is 3.60. The standard InChI is InChI=1S/C22H28F2N4O/c1-10-8-28(15-7-14(15)23)20-11(2)21(17(24)19(26)16(20)22(10)29)27-6-5-13(9-27)18(25)12-3-4-12/h8,12-15,18H,3-7,9,25-26H2,1-2H3/t13-,14+,15-,18+/m1/s1. The summed E-state index contributed by atoms with van der Waals surface area (Å²) in [4.78, 5) is 14.8.